The van der Waals surface area contributed by atoms with Gasteiger partial charge in [-0.3, -0.25) is 5.10 Å². The molecule has 0 amide bonds. The zero-order valence-electron chi connectivity index (χ0n) is 13.0. The zero-order valence-corrected chi connectivity index (χ0v) is 13.0. The molecule has 0 saturated heterocycles. The van der Waals surface area contributed by atoms with Gasteiger partial charge in [-0.25, -0.2) is 16.2 Å². The average molecular weight is 321 g/mol. The molecule has 0 bridgehead atoms. The van der Waals surface area contributed by atoms with Gasteiger partial charge in [-0.05, 0) is 29.0 Å². The number of hydrogen-bond acceptors (Lipinski definition) is 6. The van der Waals surface area contributed by atoms with Crippen molar-refractivity contribution in [3.8, 4) is 0 Å². The maximum Gasteiger partial charge on any atom is 0.272 e. The van der Waals surface area contributed by atoms with E-state index in [0.29, 0.717) is 23.3 Å². The first-order valence-corrected chi connectivity index (χ1v) is 7.66. The molecule has 2 unspecified atom stereocenters. The summed E-state index contributed by atoms with van der Waals surface area (Å²) in [5.41, 5.74) is 4.02. The molecule has 0 fully saturated rings. The topological polar surface area (TPSA) is 96.3 Å². The predicted octanol–water partition coefficient (Wildman–Crippen LogP) is 2.06. The van der Waals surface area contributed by atoms with Gasteiger partial charge in [0.1, 0.15) is 16.7 Å². The van der Waals surface area contributed by atoms with Crippen molar-refractivity contribution in [1.29, 1.82) is 0 Å². The van der Waals surface area contributed by atoms with E-state index >= 15 is 0 Å². The number of hydrogen-bond donors (Lipinski definition) is 2. The standard InChI is InChI=1S/C16H15N7O/c1-17-7-6-11-15(18-2)13(10-8-19-21-16(10)20-11)9-4-3-5-12-14(9)23-24-22-12/h3-5,8,13,15,17H,6-7H2,1H3,(H,19,21). The number of benzene rings is 1. The molecule has 2 N–H and O–H groups in total. The Morgan fingerprint density at radius 2 is 2.25 bits per heavy atom. The van der Waals surface area contributed by atoms with E-state index < -0.39 is 6.04 Å². The molecule has 24 heavy (non-hydrogen) atoms. The van der Waals surface area contributed by atoms with Gasteiger partial charge in [0.15, 0.2) is 5.82 Å². The number of aliphatic imine (C=N–C) groups is 1. The summed E-state index contributed by atoms with van der Waals surface area (Å²) in [6.45, 7) is 8.50. The number of H-pyrrole nitrogens is 1. The summed E-state index contributed by atoms with van der Waals surface area (Å²) < 4.78 is 4.89. The number of aromatic amines is 1. The number of fused-ring (bicyclic) bond motifs is 2. The number of aromatic nitrogens is 4. The molecular weight excluding hydrogens is 306 g/mol. The molecule has 8 heteroatoms. The van der Waals surface area contributed by atoms with Gasteiger partial charge in [-0.1, -0.05) is 12.1 Å². The first kappa shape index (κ1) is 14.5. The Hall–Kier alpha value is -3.05. The molecule has 120 valence electrons. The van der Waals surface area contributed by atoms with Crippen molar-refractivity contribution >= 4 is 22.6 Å². The van der Waals surface area contributed by atoms with Crippen molar-refractivity contribution in [2.75, 3.05) is 13.6 Å². The van der Waals surface area contributed by atoms with Crippen molar-refractivity contribution < 1.29 is 4.63 Å². The lowest BCUT2D eigenvalue weighted by atomic mass is 9.81. The minimum absolute atomic E-state index is 0.198. The van der Waals surface area contributed by atoms with Crippen LogP contribution in [0.1, 0.15) is 23.5 Å². The van der Waals surface area contributed by atoms with Gasteiger partial charge < -0.3 is 10.2 Å². The van der Waals surface area contributed by atoms with Gasteiger partial charge in [0.2, 0.25) is 0 Å². The fraction of sp³-hybridized carbons (Fsp3) is 0.312. The van der Waals surface area contributed by atoms with E-state index in [4.69, 9.17) is 11.2 Å². The second-order valence-electron chi connectivity index (χ2n) is 5.66. The van der Waals surface area contributed by atoms with Gasteiger partial charge in [0, 0.05) is 18.5 Å². The van der Waals surface area contributed by atoms with Crippen molar-refractivity contribution in [3.05, 3.63) is 46.9 Å². The third-order valence-corrected chi connectivity index (χ3v) is 4.32. The molecule has 2 aromatic heterocycles. The van der Waals surface area contributed by atoms with Gasteiger partial charge in [-0.2, -0.15) is 5.10 Å². The van der Waals surface area contributed by atoms with Crippen LogP contribution in [0.4, 0.5) is 5.82 Å². The van der Waals surface area contributed by atoms with E-state index in [1.54, 1.807) is 6.20 Å². The minimum Gasteiger partial charge on any atom is -0.319 e. The van der Waals surface area contributed by atoms with Gasteiger partial charge in [-0.15, -0.1) is 0 Å². The maximum absolute atomic E-state index is 7.74. The fourth-order valence-corrected chi connectivity index (χ4v) is 3.20. The van der Waals surface area contributed by atoms with Gasteiger partial charge >= 0.3 is 0 Å². The van der Waals surface area contributed by atoms with E-state index in [1.807, 2.05) is 25.2 Å². The highest BCUT2D eigenvalue weighted by Gasteiger charge is 2.41. The van der Waals surface area contributed by atoms with Crippen LogP contribution in [0.15, 0.2) is 34.0 Å². The smallest absolute Gasteiger partial charge is 0.272 e. The number of nitrogens with zero attached hydrogens (tertiary/aromatic N) is 5. The fourth-order valence-electron chi connectivity index (χ4n) is 3.20. The van der Waals surface area contributed by atoms with Crippen LogP contribution in [-0.4, -0.2) is 45.9 Å². The molecule has 3 heterocycles. The van der Waals surface area contributed by atoms with Crippen LogP contribution in [0.25, 0.3) is 15.9 Å². The van der Waals surface area contributed by atoms with Crippen molar-refractivity contribution in [2.24, 2.45) is 4.99 Å². The van der Waals surface area contributed by atoms with E-state index in [1.165, 1.54) is 0 Å². The molecule has 4 rings (SSSR count). The van der Waals surface area contributed by atoms with Crippen LogP contribution in [0.2, 0.25) is 0 Å². The lowest BCUT2D eigenvalue weighted by molar-refractivity contribution is 0.315. The highest BCUT2D eigenvalue weighted by molar-refractivity contribution is 5.97. The summed E-state index contributed by atoms with van der Waals surface area (Å²) in [6, 6.07) is 5.32. The van der Waals surface area contributed by atoms with Crippen molar-refractivity contribution in [1.82, 2.24) is 25.8 Å². The Labute approximate surface area is 137 Å². The molecular formula is C16H15N7O. The monoisotopic (exact) mass is 321 g/mol. The SMILES string of the molecule is [C-]#[N+]C1C(CCNC)=Nc2[nH]ncc2C1c1cccc2nonc12. The second-order valence-corrected chi connectivity index (χ2v) is 5.66. The summed E-state index contributed by atoms with van der Waals surface area (Å²) in [5.74, 6) is 0.510. The summed E-state index contributed by atoms with van der Waals surface area (Å²) >= 11 is 0. The van der Waals surface area contributed by atoms with Crippen LogP contribution < -0.4 is 5.32 Å². The van der Waals surface area contributed by atoms with Crippen molar-refractivity contribution in [2.45, 2.75) is 18.4 Å². The zero-order chi connectivity index (χ0) is 16.5. The van der Waals surface area contributed by atoms with Gasteiger partial charge in [0.25, 0.3) is 6.04 Å². The Balaban J connectivity index is 1.89. The molecule has 0 aliphatic carbocycles. The van der Waals surface area contributed by atoms with E-state index in [2.05, 4.69) is 35.7 Å². The molecule has 0 spiro atoms. The van der Waals surface area contributed by atoms with Crippen LogP contribution in [-0.2, 0) is 0 Å². The van der Waals surface area contributed by atoms with E-state index in [9.17, 15) is 0 Å². The minimum atomic E-state index is -0.397. The van der Waals surface area contributed by atoms with E-state index in [-0.39, 0.29) is 5.92 Å². The summed E-state index contributed by atoms with van der Waals surface area (Å²) in [7, 11) is 1.89. The molecule has 1 aliphatic rings. The molecule has 0 saturated carbocycles. The Bertz CT molecular complexity index is 949. The van der Waals surface area contributed by atoms with Crippen molar-refractivity contribution in [3.63, 3.8) is 0 Å². The normalized spacial score (nSPS) is 19.8. The quantitative estimate of drug-likeness (QED) is 0.717. The average Bonchev–Trinajstić information content (AvgIpc) is 3.26. The molecule has 1 aromatic carbocycles. The lowest BCUT2D eigenvalue weighted by Crippen LogP contribution is -2.31. The third kappa shape index (κ3) is 2.18. The van der Waals surface area contributed by atoms with Crippen LogP contribution in [0, 0.1) is 6.57 Å². The maximum atomic E-state index is 7.74. The summed E-state index contributed by atoms with van der Waals surface area (Å²) in [4.78, 5) is 8.50. The molecule has 0 radical (unpaired) electrons. The summed E-state index contributed by atoms with van der Waals surface area (Å²) in [5, 5.41) is 18.1. The van der Waals surface area contributed by atoms with Crippen LogP contribution in [0.3, 0.4) is 0 Å². The molecule has 1 aliphatic heterocycles. The highest BCUT2D eigenvalue weighted by Crippen LogP contribution is 2.41. The Kier molecular flexibility index (Phi) is 3.55. The van der Waals surface area contributed by atoms with Crippen LogP contribution in [0.5, 0.6) is 0 Å². The Morgan fingerprint density at radius 3 is 3.08 bits per heavy atom. The highest BCUT2D eigenvalue weighted by atomic mass is 16.6. The molecule has 2 atom stereocenters. The lowest BCUT2D eigenvalue weighted by Gasteiger charge is -2.23. The first-order chi connectivity index (χ1) is 11.8. The largest absolute Gasteiger partial charge is 0.319 e. The number of rotatable bonds is 4. The second kappa shape index (κ2) is 5.86. The van der Waals surface area contributed by atoms with Gasteiger partial charge in [0.05, 0.1) is 12.1 Å². The van der Waals surface area contributed by atoms with Crippen LogP contribution >= 0.6 is 0 Å². The predicted molar refractivity (Wildman–Crippen MR) is 88.3 cm³/mol. The Morgan fingerprint density at radius 1 is 1.33 bits per heavy atom. The molecule has 3 aromatic rings. The first-order valence-electron chi connectivity index (χ1n) is 7.66. The summed E-state index contributed by atoms with van der Waals surface area (Å²) in [6.07, 6.45) is 2.44. The molecule has 8 nitrogen and oxygen atoms in total. The number of nitrogens with one attached hydrogen (secondary N) is 2. The third-order valence-electron chi connectivity index (χ3n) is 4.32. The van der Waals surface area contributed by atoms with E-state index in [0.717, 1.165) is 23.4 Å².